The number of benzene rings is 3. The van der Waals surface area contributed by atoms with Crippen molar-refractivity contribution in [2.75, 3.05) is 19.0 Å². The molecule has 3 aromatic rings. The number of amides is 3. The molecule has 42 heavy (non-hydrogen) atoms. The summed E-state index contributed by atoms with van der Waals surface area (Å²) in [6.45, 7) is -0.651. The molecule has 1 fully saturated rings. The number of hydrogen-bond acceptors (Lipinski definition) is 8. The molecule has 1 heterocycles. The lowest BCUT2D eigenvalue weighted by atomic mass is 10.1. The lowest BCUT2D eigenvalue weighted by molar-refractivity contribution is -0.384. The number of rotatable bonds is 9. The van der Waals surface area contributed by atoms with Gasteiger partial charge in [0.25, 0.3) is 16.8 Å². The van der Waals surface area contributed by atoms with Crippen molar-refractivity contribution in [3.8, 4) is 11.5 Å². The first-order chi connectivity index (χ1) is 19.8. The summed E-state index contributed by atoms with van der Waals surface area (Å²) in [6.07, 6.45) is -3.27. The number of carbonyl (C=O) groups is 3. The van der Waals surface area contributed by atoms with Crippen LogP contribution in [-0.2, 0) is 22.4 Å². The monoisotopic (exact) mass is 621 g/mol. The summed E-state index contributed by atoms with van der Waals surface area (Å²) in [6, 6.07) is 12.9. The molecule has 1 aliphatic rings. The first-order valence-electron chi connectivity index (χ1n) is 11.8. The number of anilines is 1. The average Bonchev–Trinajstić information content (AvgIpc) is 3.19. The lowest BCUT2D eigenvalue weighted by Gasteiger charge is -2.16. The fourth-order valence-corrected chi connectivity index (χ4v) is 4.78. The molecule has 0 spiro atoms. The molecular formula is C27H19ClF3N3O7S. The number of thioether (sulfide) groups is 1. The van der Waals surface area contributed by atoms with E-state index in [2.05, 4.69) is 5.32 Å². The molecule has 0 aromatic heterocycles. The molecule has 0 radical (unpaired) electrons. The van der Waals surface area contributed by atoms with Crippen molar-refractivity contribution in [1.29, 1.82) is 0 Å². The minimum absolute atomic E-state index is 0.0000595. The maximum Gasteiger partial charge on any atom is 0.416 e. The van der Waals surface area contributed by atoms with Crippen molar-refractivity contribution >= 4 is 57.9 Å². The Morgan fingerprint density at radius 2 is 1.79 bits per heavy atom. The molecule has 0 saturated carbocycles. The Labute approximate surface area is 245 Å². The Morgan fingerprint density at radius 3 is 2.40 bits per heavy atom. The van der Waals surface area contributed by atoms with Gasteiger partial charge in [0.2, 0.25) is 5.91 Å². The highest BCUT2D eigenvalue weighted by Crippen LogP contribution is 2.36. The number of nitro benzene ring substituents is 1. The number of methoxy groups -OCH3 is 1. The van der Waals surface area contributed by atoms with E-state index in [9.17, 15) is 37.7 Å². The van der Waals surface area contributed by atoms with Crippen LogP contribution < -0.4 is 14.8 Å². The number of non-ortho nitro benzene ring substituents is 1. The predicted octanol–water partition coefficient (Wildman–Crippen LogP) is 6.53. The number of alkyl halides is 3. The third-order valence-electron chi connectivity index (χ3n) is 5.77. The number of nitrogens with zero attached hydrogens (tertiary/aromatic N) is 2. The van der Waals surface area contributed by atoms with Crippen LogP contribution in [0.5, 0.6) is 11.5 Å². The molecular weight excluding hydrogens is 603 g/mol. The van der Waals surface area contributed by atoms with Crippen molar-refractivity contribution in [2.45, 2.75) is 12.8 Å². The zero-order chi connectivity index (χ0) is 30.6. The summed E-state index contributed by atoms with van der Waals surface area (Å²) in [5.74, 6) is -1.41. The van der Waals surface area contributed by atoms with E-state index < -0.39 is 40.3 Å². The molecule has 0 aliphatic carbocycles. The molecule has 15 heteroatoms. The van der Waals surface area contributed by atoms with Crippen molar-refractivity contribution in [2.24, 2.45) is 0 Å². The van der Waals surface area contributed by atoms with Crippen LogP contribution in [0.15, 0.2) is 65.6 Å². The molecule has 4 rings (SSSR count). The van der Waals surface area contributed by atoms with Gasteiger partial charge in [0, 0.05) is 12.1 Å². The van der Waals surface area contributed by atoms with Crippen LogP contribution in [0.4, 0.5) is 29.3 Å². The molecule has 0 bridgehead atoms. The van der Waals surface area contributed by atoms with Gasteiger partial charge in [-0.1, -0.05) is 17.7 Å². The van der Waals surface area contributed by atoms with Crippen molar-refractivity contribution in [3.63, 3.8) is 0 Å². The largest absolute Gasteiger partial charge is 0.495 e. The number of carbonyl (C=O) groups excluding carboxylic acids is 3. The quantitative estimate of drug-likeness (QED) is 0.162. The third-order valence-corrected chi connectivity index (χ3v) is 6.97. The van der Waals surface area contributed by atoms with Crippen LogP contribution in [0.25, 0.3) is 6.08 Å². The van der Waals surface area contributed by atoms with Gasteiger partial charge in [-0.15, -0.1) is 0 Å². The van der Waals surface area contributed by atoms with Gasteiger partial charge in [-0.05, 0) is 71.4 Å². The second-order valence-electron chi connectivity index (χ2n) is 8.63. The maximum atomic E-state index is 13.1. The number of imide groups is 1. The van der Waals surface area contributed by atoms with Crippen molar-refractivity contribution in [3.05, 3.63) is 97.4 Å². The van der Waals surface area contributed by atoms with Gasteiger partial charge in [0.05, 0.1) is 33.2 Å². The van der Waals surface area contributed by atoms with E-state index in [1.807, 2.05) is 0 Å². The number of nitrogens with one attached hydrogen (secondary N) is 1. The highest BCUT2D eigenvalue weighted by Gasteiger charge is 2.37. The Hall–Kier alpha value is -4.56. The second-order valence-corrected chi connectivity index (χ2v) is 10.0. The topological polar surface area (TPSA) is 128 Å². The molecule has 0 unspecified atom stereocenters. The fourth-order valence-electron chi connectivity index (χ4n) is 3.70. The van der Waals surface area contributed by atoms with Crippen LogP contribution >= 0.6 is 23.4 Å². The Balaban J connectivity index is 1.40. The SMILES string of the molecule is COc1ccc(C(F)(F)F)cc1NC(=O)CN1C(=O)S/C(=C\c2ccc(OCc3ccc([N+](=O)[O-])cc3)c(Cl)c2)C1=O. The first-order valence-corrected chi connectivity index (χ1v) is 13.0. The molecule has 3 amide bonds. The molecule has 3 aromatic carbocycles. The number of nitro groups is 1. The smallest absolute Gasteiger partial charge is 0.416 e. The van der Waals surface area contributed by atoms with E-state index in [-0.39, 0.29) is 33.7 Å². The van der Waals surface area contributed by atoms with Gasteiger partial charge in [-0.25, -0.2) is 0 Å². The van der Waals surface area contributed by atoms with Crippen LogP contribution in [0.2, 0.25) is 5.02 Å². The van der Waals surface area contributed by atoms with Gasteiger partial charge in [-0.3, -0.25) is 29.4 Å². The van der Waals surface area contributed by atoms with Crippen molar-refractivity contribution < 1.29 is 42.0 Å². The number of hydrogen-bond donors (Lipinski definition) is 1. The summed E-state index contributed by atoms with van der Waals surface area (Å²) < 4.78 is 49.9. The number of ether oxygens (including phenoxy) is 2. The standard InChI is InChI=1S/C27H19ClF3N3O7S/c1-40-22-9-5-17(27(29,30)31)12-20(22)32-24(35)13-33-25(36)23(42-26(33)37)11-16-4-8-21(19(28)10-16)41-14-15-2-6-18(7-3-15)34(38)39/h2-12H,13-14H2,1H3,(H,32,35)/b23-11-. The predicted molar refractivity (Wildman–Crippen MR) is 148 cm³/mol. The molecule has 1 N–H and O–H groups in total. The highest BCUT2D eigenvalue weighted by atomic mass is 35.5. The summed E-state index contributed by atoms with van der Waals surface area (Å²) in [4.78, 5) is 48.8. The van der Waals surface area contributed by atoms with Crippen LogP contribution in [0.3, 0.4) is 0 Å². The lowest BCUT2D eigenvalue weighted by Crippen LogP contribution is -2.36. The normalized spacial score (nSPS) is 14.3. The van der Waals surface area contributed by atoms with Gasteiger partial charge in [0.15, 0.2) is 0 Å². The van der Waals surface area contributed by atoms with E-state index in [1.54, 1.807) is 24.3 Å². The van der Waals surface area contributed by atoms with Crippen LogP contribution in [0, 0.1) is 10.1 Å². The van der Waals surface area contributed by atoms with Gasteiger partial charge in [0.1, 0.15) is 24.7 Å². The zero-order valence-electron chi connectivity index (χ0n) is 21.4. The van der Waals surface area contributed by atoms with Crippen LogP contribution in [-0.4, -0.2) is 40.5 Å². The minimum Gasteiger partial charge on any atom is -0.495 e. The maximum absolute atomic E-state index is 13.1. The Bertz CT molecular complexity index is 1600. The van der Waals surface area contributed by atoms with E-state index in [1.165, 1.54) is 31.4 Å². The van der Waals surface area contributed by atoms with E-state index in [0.717, 1.165) is 12.1 Å². The molecule has 0 atom stereocenters. The van der Waals surface area contributed by atoms with Crippen molar-refractivity contribution in [1.82, 2.24) is 4.90 Å². The molecule has 1 saturated heterocycles. The third kappa shape index (κ3) is 7.19. The Kier molecular flexibility index (Phi) is 9.07. The van der Waals surface area contributed by atoms with E-state index >= 15 is 0 Å². The average molecular weight is 622 g/mol. The van der Waals surface area contributed by atoms with E-state index in [4.69, 9.17) is 21.1 Å². The zero-order valence-corrected chi connectivity index (χ0v) is 23.0. The molecule has 218 valence electrons. The van der Waals surface area contributed by atoms with Crippen LogP contribution in [0.1, 0.15) is 16.7 Å². The Morgan fingerprint density at radius 1 is 1.10 bits per heavy atom. The molecule has 1 aliphatic heterocycles. The first kappa shape index (κ1) is 30.4. The summed E-state index contributed by atoms with van der Waals surface area (Å²) in [5, 5.41) is 12.5. The highest BCUT2D eigenvalue weighted by molar-refractivity contribution is 8.18. The summed E-state index contributed by atoms with van der Waals surface area (Å²) in [7, 11) is 1.21. The van der Waals surface area contributed by atoms with Gasteiger partial charge >= 0.3 is 6.18 Å². The van der Waals surface area contributed by atoms with E-state index in [0.29, 0.717) is 39.6 Å². The van der Waals surface area contributed by atoms with Gasteiger partial charge < -0.3 is 14.8 Å². The van der Waals surface area contributed by atoms with Gasteiger partial charge in [-0.2, -0.15) is 13.2 Å². The summed E-state index contributed by atoms with van der Waals surface area (Å²) >= 11 is 6.89. The second kappa shape index (κ2) is 12.5. The molecule has 10 nitrogen and oxygen atoms in total. The number of halogens is 4. The fraction of sp³-hybridized carbons (Fsp3) is 0.148. The minimum atomic E-state index is -4.66. The summed E-state index contributed by atoms with van der Waals surface area (Å²) in [5.41, 5.74) is -0.224.